The number of fused-ring (bicyclic) bond motifs is 1. The molecule has 11 nitrogen and oxygen atoms in total. The van der Waals surface area contributed by atoms with E-state index < -0.39 is 5.97 Å². The van der Waals surface area contributed by atoms with Gasteiger partial charge in [-0.1, -0.05) is 60.2 Å². The van der Waals surface area contributed by atoms with E-state index >= 15 is 0 Å². The molecule has 2 heterocycles. The number of rotatable bonds is 8. The lowest BCUT2D eigenvalue weighted by molar-refractivity contribution is -0.139. The second-order valence-electron chi connectivity index (χ2n) is 12.2. The summed E-state index contributed by atoms with van der Waals surface area (Å²) in [4.78, 5) is 71.3. The molecule has 0 saturated carbocycles. The van der Waals surface area contributed by atoms with E-state index in [1.807, 2.05) is 49.4 Å². The number of carboxylic acid groups (broad SMARTS) is 1. The highest BCUT2D eigenvalue weighted by molar-refractivity contribution is 6.13. The summed E-state index contributed by atoms with van der Waals surface area (Å²) in [6.07, 6.45) is 0.0224. The summed E-state index contributed by atoms with van der Waals surface area (Å²) in [5.74, 6) is -2.01. The van der Waals surface area contributed by atoms with Crippen LogP contribution in [0.3, 0.4) is 0 Å². The van der Waals surface area contributed by atoms with Crippen LogP contribution in [-0.4, -0.2) is 90.3 Å². The lowest BCUT2D eigenvalue weighted by Crippen LogP contribution is -2.52. The Morgan fingerprint density at radius 3 is 2.08 bits per heavy atom. The third kappa shape index (κ3) is 7.52. The molecular formula is C38H37N5O6. The van der Waals surface area contributed by atoms with Gasteiger partial charge in [-0.2, -0.15) is 0 Å². The van der Waals surface area contributed by atoms with E-state index in [9.17, 15) is 24.0 Å². The number of carbonyl (C=O) groups excluding carboxylic acids is 4. The van der Waals surface area contributed by atoms with Gasteiger partial charge >= 0.3 is 5.97 Å². The molecule has 0 aliphatic carbocycles. The Morgan fingerprint density at radius 1 is 0.735 bits per heavy atom. The standard InChI is InChI=1S/C38H37N5O6/c1-26-10-12-27(13-11-26)30-6-2-3-7-31(30)37(48)39-29-16-14-28(15-17-29)38(49)42-19-18-34(44)43(33-9-5-4-8-32(33)42)24-35(45)41-22-20-40(21-23-41)25-36(46)47/h2-17H,18-25H2,1H3,(H,39,48)(H,46,47). The van der Waals surface area contributed by atoms with E-state index in [0.717, 1.165) is 16.7 Å². The van der Waals surface area contributed by atoms with Crippen LogP contribution < -0.4 is 15.1 Å². The monoisotopic (exact) mass is 659 g/mol. The second-order valence-corrected chi connectivity index (χ2v) is 12.2. The molecule has 4 aromatic carbocycles. The fourth-order valence-electron chi connectivity index (χ4n) is 6.20. The fourth-order valence-corrected chi connectivity index (χ4v) is 6.20. The lowest BCUT2D eigenvalue weighted by Gasteiger charge is -2.35. The first-order chi connectivity index (χ1) is 23.7. The van der Waals surface area contributed by atoms with Crippen LogP contribution in [0.1, 0.15) is 32.7 Å². The third-order valence-corrected chi connectivity index (χ3v) is 8.86. The van der Waals surface area contributed by atoms with E-state index in [-0.39, 0.29) is 49.7 Å². The Bertz CT molecular complexity index is 1880. The van der Waals surface area contributed by atoms with Crippen LogP contribution >= 0.6 is 0 Å². The molecule has 0 radical (unpaired) electrons. The highest BCUT2D eigenvalue weighted by atomic mass is 16.4. The lowest BCUT2D eigenvalue weighted by atomic mass is 9.98. The maximum Gasteiger partial charge on any atom is 0.317 e. The Balaban J connectivity index is 1.15. The molecule has 1 fully saturated rings. The summed E-state index contributed by atoms with van der Waals surface area (Å²) in [5.41, 5.74) is 5.30. The number of piperazine rings is 1. The molecule has 49 heavy (non-hydrogen) atoms. The van der Waals surface area contributed by atoms with E-state index in [1.54, 1.807) is 69.3 Å². The van der Waals surface area contributed by atoms with Crippen molar-refractivity contribution >= 4 is 46.7 Å². The molecule has 2 aliphatic rings. The third-order valence-electron chi connectivity index (χ3n) is 8.86. The Kier molecular flexibility index (Phi) is 9.82. The molecule has 0 spiro atoms. The van der Waals surface area contributed by atoms with Crippen LogP contribution in [0.4, 0.5) is 17.1 Å². The number of aryl methyl sites for hydroxylation is 1. The maximum absolute atomic E-state index is 13.9. The fraction of sp³-hybridized carbons (Fsp3) is 0.237. The van der Waals surface area contributed by atoms with E-state index in [4.69, 9.17) is 5.11 Å². The molecule has 0 aromatic heterocycles. The van der Waals surface area contributed by atoms with Crippen molar-refractivity contribution in [2.45, 2.75) is 13.3 Å². The van der Waals surface area contributed by atoms with E-state index in [2.05, 4.69) is 5.32 Å². The Labute approximate surface area is 284 Å². The normalized spacial score (nSPS) is 15.0. The number of carbonyl (C=O) groups is 5. The molecule has 1 saturated heterocycles. The largest absolute Gasteiger partial charge is 0.480 e. The van der Waals surface area contributed by atoms with Crippen LogP contribution in [0.15, 0.2) is 97.1 Å². The van der Waals surface area contributed by atoms with Crippen molar-refractivity contribution in [1.82, 2.24) is 9.80 Å². The van der Waals surface area contributed by atoms with Crippen LogP contribution in [0.25, 0.3) is 11.1 Å². The van der Waals surface area contributed by atoms with Gasteiger partial charge in [0, 0.05) is 56.0 Å². The van der Waals surface area contributed by atoms with Crippen molar-refractivity contribution in [1.29, 1.82) is 0 Å². The van der Waals surface area contributed by atoms with Crippen molar-refractivity contribution in [2.24, 2.45) is 0 Å². The molecule has 0 bridgehead atoms. The zero-order valence-electron chi connectivity index (χ0n) is 27.2. The zero-order chi connectivity index (χ0) is 34.5. The van der Waals surface area contributed by atoms with Gasteiger partial charge in [-0.25, -0.2) is 0 Å². The quantitative estimate of drug-likeness (QED) is 0.284. The summed E-state index contributed by atoms with van der Waals surface area (Å²) in [5, 5.41) is 12.0. The number of amides is 4. The number of nitrogens with zero attached hydrogens (tertiary/aromatic N) is 4. The SMILES string of the molecule is Cc1ccc(-c2ccccc2C(=O)Nc2ccc(C(=O)N3CCC(=O)N(CC(=O)N4CCN(CC(=O)O)CC4)c4ccccc43)cc2)cc1. The Morgan fingerprint density at radius 2 is 1.39 bits per heavy atom. The summed E-state index contributed by atoms with van der Waals surface area (Å²) >= 11 is 0. The van der Waals surface area contributed by atoms with Crippen LogP contribution in [0.2, 0.25) is 0 Å². The molecule has 0 atom stereocenters. The molecule has 250 valence electrons. The van der Waals surface area contributed by atoms with Crippen LogP contribution in [-0.2, 0) is 14.4 Å². The van der Waals surface area contributed by atoms with Crippen molar-refractivity contribution in [3.8, 4) is 11.1 Å². The van der Waals surface area contributed by atoms with Crippen molar-refractivity contribution in [3.63, 3.8) is 0 Å². The number of hydrogen-bond acceptors (Lipinski definition) is 6. The molecule has 4 aromatic rings. The summed E-state index contributed by atoms with van der Waals surface area (Å²) < 4.78 is 0. The molecule has 2 N–H and O–H groups in total. The first kappa shape index (κ1) is 33.1. The molecule has 6 rings (SSSR count). The predicted octanol–water partition coefficient (Wildman–Crippen LogP) is 4.53. The van der Waals surface area contributed by atoms with E-state index in [1.165, 1.54) is 4.90 Å². The molecular weight excluding hydrogens is 622 g/mol. The number of aliphatic carboxylic acids is 1. The van der Waals surface area contributed by atoms with Gasteiger partial charge in [0.15, 0.2) is 0 Å². The zero-order valence-corrected chi connectivity index (χ0v) is 27.2. The minimum atomic E-state index is -0.913. The van der Waals surface area contributed by atoms with Crippen LogP contribution in [0, 0.1) is 6.92 Å². The number of para-hydroxylation sites is 2. The topological polar surface area (TPSA) is 131 Å². The molecule has 11 heteroatoms. The molecule has 2 aliphatic heterocycles. The minimum absolute atomic E-state index is 0.0224. The van der Waals surface area contributed by atoms with Gasteiger partial charge in [0.05, 0.1) is 17.9 Å². The number of benzene rings is 4. The second kappa shape index (κ2) is 14.5. The molecule has 4 amide bonds. The van der Waals surface area contributed by atoms with Crippen molar-refractivity contribution in [3.05, 3.63) is 114 Å². The smallest absolute Gasteiger partial charge is 0.317 e. The average molecular weight is 660 g/mol. The van der Waals surface area contributed by atoms with Gasteiger partial charge in [-0.3, -0.25) is 28.9 Å². The average Bonchev–Trinajstić information content (AvgIpc) is 3.24. The minimum Gasteiger partial charge on any atom is -0.480 e. The summed E-state index contributed by atoms with van der Waals surface area (Å²) in [6.45, 7) is 3.50. The van der Waals surface area contributed by atoms with Crippen LogP contribution in [0.5, 0.6) is 0 Å². The van der Waals surface area contributed by atoms with Crippen molar-refractivity contribution < 1.29 is 29.1 Å². The van der Waals surface area contributed by atoms with Gasteiger partial charge in [0.1, 0.15) is 6.54 Å². The summed E-state index contributed by atoms with van der Waals surface area (Å²) in [7, 11) is 0. The maximum atomic E-state index is 13.9. The molecule has 0 unspecified atom stereocenters. The number of carboxylic acids is 1. The van der Waals surface area contributed by atoms with E-state index in [0.29, 0.717) is 54.4 Å². The van der Waals surface area contributed by atoms with Gasteiger partial charge in [-0.05, 0) is 60.5 Å². The van der Waals surface area contributed by atoms with Gasteiger partial charge in [-0.15, -0.1) is 0 Å². The van der Waals surface area contributed by atoms with Gasteiger partial charge in [0.2, 0.25) is 11.8 Å². The number of anilines is 3. The predicted molar refractivity (Wildman–Crippen MR) is 187 cm³/mol. The highest BCUT2D eigenvalue weighted by Crippen LogP contribution is 2.34. The number of hydrogen-bond donors (Lipinski definition) is 2. The van der Waals surface area contributed by atoms with Gasteiger partial charge < -0.3 is 25.1 Å². The first-order valence-corrected chi connectivity index (χ1v) is 16.2. The number of nitrogens with one attached hydrogen (secondary N) is 1. The first-order valence-electron chi connectivity index (χ1n) is 16.2. The Hall–Kier alpha value is -5.81. The summed E-state index contributed by atoms with van der Waals surface area (Å²) in [6, 6.07) is 29.1. The van der Waals surface area contributed by atoms with Crippen molar-refractivity contribution in [2.75, 3.05) is 60.9 Å². The van der Waals surface area contributed by atoms with Gasteiger partial charge in [0.25, 0.3) is 11.8 Å². The highest BCUT2D eigenvalue weighted by Gasteiger charge is 2.32.